The molecule has 170 valence electrons. The Bertz CT molecular complexity index is 1190. The molecule has 1 aromatic carbocycles. The lowest BCUT2D eigenvalue weighted by molar-refractivity contribution is -0.133. The predicted octanol–water partition coefficient (Wildman–Crippen LogP) is 1.93. The summed E-state index contributed by atoms with van der Waals surface area (Å²) >= 11 is 1.25. The largest absolute Gasteiger partial charge is 0.497 e. The van der Waals surface area contributed by atoms with E-state index in [1.54, 1.807) is 31.7 Å². The number of hydrogen-bond donors (Lipinski definition) is 1. The number of rotatable bonds is 6. The molecule has 0 spiro atoms. The van der Waals surface area contributed by atoms with Crippen LogP contribution in [-0.4, -0.2) is 67.7 Å². The van der Waals surface area contributed by atoms with Crippen molar-refractivity contribution in [1.82, 2.24) is 9.99 Å². The number of benzene rings is 1. The van der Waals surface area contributed by atoms with Crippen molar-refractivity contribution in [3.63, 3.8) is 0 Å². The fourth-order valence-electron chi connectivity index (χ4n) is 3.62. The summed E-state index contributed by atoms with van der Waals surface area (Å²) in [6.45, 7) is 0. The van der Waals surface area contributed by atoms with E-state index in [-0.39, 0.29) is 36.0 Å². The Morgan fingerprint density at radius 2 is 2.06 bits per heavy atom. The van der Waals surface area contributed by atoms with E-state index >= 15 is 0 Å². The highest BCUT2D eigenvalue weighted by Gasteiger charge is 2.37. The van der Waals surface area contributed by atoms with Crippen molar-refractivity contribution in [3.05, 3.63) is 23.6 Å². The first-order valence-corrected chi connectivity index (χ1v) is 12.6. The van der Waals surface area contributed by atoms with Crippen molar-refractivity contribution in [2.24, 2.45) is 5.10 Å². The number of anilines is 1. The van der Waals surface area contributed by atoms with Crippen LogP contribution < -0.4 is 14.8 Å². The Balaban J connectivity index is 1.49. The van der Waals surface area contributed by atoms with Crippen LogP contribution in [0.3, 0.4) is 0 Å². The number of sulfone groups is 1. The van der Waals surface area contributed by atoms with Crippen LogP contribution in [0.5, 0.6) is 11.5 Å². The summed E-state index contributed by atoms with van der Waals surface area (Å²) in [6.07, 6.45) is 0.617. The summed E-state index contributed by atoms with van der Waals surface area (Å²) in [7, 11) is -0.0571. The Kier molecular flexibility index (Phi) is 6.15. The van der Waals surface area contributed by atoms with E-state index in [1.165, 1.54) is 16.3 Å². The standard InChI is InChI=1S/C20H22N4O6S2/c1-29-13-3-4-14(17(9-13)30-2)16-10-31-20(21-16)22-19(26)15-5-6-18(25)24(23-15)12-7-8-32(27,28)11-12/h3-4,9-10,12H,5-8,11H2,1-2H3,(H,21,22,26). The maximum absolute atomic E-state index is 12.7. The smallest absolute Gasteiger partial charge is 0.273 e. The summed E-state index contributed by atoms with van der Waals surface area (Å²) < 4.78 is 34.1. The zero-order valence-electron chi connectivity index (χ0n) is 17.5. The number of thiazole rings is 1. The van der Waals surface area contributed by atoms with E-state index in [9.17, 15) is 18.0 Å². The average Bonchev–Trinajstić information content (AvgIpc) is 3.39. The van der Waals surface area contributed by atoms with Gasteiger partial charge in [-0.05, 0) is 18.6 Å². The number of carbonyl (C=O) groups is 2. The van der Waals surface area contributed by atoms with Crippen molar-refractivity contribution in [3.8, 4) is 22.8 Å². The molecule has 0 aliphatic carbocycles. The Morgan fingerprint density at radius 3 is 2.75 bits per heavy atom. The maximum atomic E-state index is 12.7. The third kappa shape index (κ3) is 4.60. The molecule has 10 nitrogen and oxygen atoms in total. The van der Waals surface area contributed by atoms with Gasteiger partial charge in [-0.1, -0.05) is 0 Å². The number of nitrogens with one attached hydrogen (secondary N) is 1. The van der Waals surface area contributed by atoms with Gasteiger partial charge in [-0.2, -0.15) is 5.10 Å². The fourth-order valence-corrected chi connectivity index (χ4v) is 6.02. The molecule has 1 fully saturated rings. The molecule has 4 rings (SSSR count). The van der Waals surface area contributed by atoms with Crippen LogP contribution in [0.15, 0.2) is 28.7 Å². The second-order valence-electron chi connectivity index (χ2n) is 7.40. The third-order valence-electron chi connectivity index (χ3n) is 5.29. The second-order valence-corrected chi connectivity index (χ2v) is 10.5. The van der Waals surface area contributed by atoms with Gasteiger partial charge in [-0.3, -0.25) is 14.9 Å². The first-order chi connectivity index (χ1) is 15.3. The van der Waals surface area contributed by atoms with Gasteiger partial charge in [0.05, 0.1) is 37.5 Å². The minimum atomic E-state index is -3.18. The van der Waals surface area contributed by atoms with Gasteiger partial charge in [0.2, 0.25) is 5.91 Å². The van der Waals surface area contributed by atoms with E-state index in [0.717, 1.165) is 5.56 Å². The average molecular weight is 479 g/mol. The number of ether oxygens (including phenoxy) is 2. The van der Waals surface area contributed by atoms with Crippen LogP contribution in [0.4, 0.5) is 5.13 Å². The maximum Gasteiger partial charge on any atom is 0.273 e. The van der Waals surface area contributed by atoms with Crippen molar-refractivity contribution in [1.29, 1.82) is 0 Å². The third-order valence-corrected chi connectivity index (χ3v) is 7.79. The molecule has 2 aliphatic rings. The molecule has 2 amide bonds. The van der Waals surface area contributed by atoms with Crippen molar-refractivity contribution in [2.75, 3.05) is 31.0 Å². The molecule has 3 heterocycles. The van der Waals surface area contributed by atoms with Gasteiger partial charge in [0.1, 0.15) is 17.2 Å². The molecular formula is C20H22N4O6S2. The first kappa shape index (κ1) is 22.2. The Morgan fingerprint density at radius 1 is 1.25 bits per heavy atom. The quantitative estimate of drug-likeness (QED) is 0.672. The molecule has 1 aromatic heterocycles. The molecule has 1 unspecified atom stereocenters. The van der Waals surface area contributed by atoms with Gasteiger partial charge in [0.15, 0.2) is 15.0 Å². The van der Waals surface area contributed by atoms with Crippen LogP contribution >= 0.6 is 11.3 Å². The van der Waals surface area contributed by atoms with E-state index in [2.05, 4.69) is 15.4 Å². The number of carbonyl (C=O) groups excluding carboxylic acids is 2. The lowest BCUT2D eigenvalue weighted by Crippen LogP contribution is -2.42. The van der Waals surface area contributed by atoms with Crippen LogP contribution in [-0.2, 0) is 19.4 Å². The SMILES string of the molecule is COc1ccc(-c2csc(NC(=O)C3=NN(C4CCS(=O)(=O)C4)C(=O)CC3)n2)c(OC)c1. The molecule has 0 saturated carbocycles. The van der Waals surface area contributed by atoms with Crippen LogP contribution in [0.1, 0.15) is 19.3 Å². The van der Waals surface area contributed by atoms with E-state index < -0.39 is 21.8 Å². The molecule has 12 heteroatoms. The van der Waals surface area contributed by atoms with Crippen molar-refractivity contribution < 1.29 is 27.5 Å². The molecule has 2 aliphatic heterocycles. The fraction of sp³-hybridized carbons (Fsp3) is 0.400. The number of hydrazone groups is 1. The lowest BCUT2D eigenvalue weighted by Gasteiger charge is -2.27. The minimum Gasteiger partial charge on any atom is -0.497 e. The number of hydrogen-bond acceptors (Lipinski definition) is 9. The summed E-state index contributed by atoms with van der Waals surface area (Å²) in [4.78, 5) is 29.4. The zero-order valence-corrected chi connectivity index (χ0v) is 19.2. The van der Waals surface area contributed by atoms with E-state index in [4.69, 9.17) is 9.47 Å². The van der Waals surface area contributed by atoms with Crippen LogP contribution in [0.2, 0.25) is 0 Å². The van der Waals surface area contributed by atoms with E-state index in [0.29, 0.717) is 28.7 Å². The zero-order chi connectivity index (χ0) is 22.9. The number of aromatic nitrogens is 1. The monoisotopic (exact) mass is 478 g/mol. The van der Waals surface area contributed by atoms with Gasteiger partial charge < -0.3 is 9.47 Å². The molecule has 0 bridgehead atoms. The van der Waals surface area contributed by atoms with Gasteiger partial charge in [-0.25, -0.2) is 18.4 Å². The van der Waals surface area contributed by atoms with Gasteiger partial charge in [0, 0.05) is 29.9 Å². The van der Waals surface area contributed by atoms with Gasteiger partial charge in [0.25, 0.3) is 5.91 Å². The summed E-state index contributed by atoms with van der Waals surface area (Å²) in [5.74, 6) is 0.396. The lowest BCUT2D eigenvalue weighted by atomic mass is 10.1. The molecule has 32 heavy (non-hydrogen) atoms. The minimum absolute atomic E-state index is 0.0230. The van der Waals surface area contributed by atoms with Gasteiger partial charge >= 0.3 is 0 Å². The normalized spacial score (nSPS) is 20.1. The number of amides is 2. The van der Waals surface area contributed by atoms with Crippen molar-refractivity contribution >= 4 is 43.8 Å². The van der Waals surface area contributed by atoms with E-state index in [1.807, 2.05) is 6.07 Å². The topological polar surface area (TPSA) is 127 Å². The molecular weight excluding hydrogens is 456 g/mol. The molecule has 0 radical (unpaired) electrons. The summed E-state index contributed by atoms with van der Waals surface area (Å²) in [6, 6.07) is 4.84. The Labute approximate surface area is 189 Å². The summed E-state index contributed by atoms with van der Waals surface area (Å²) in [5, 5.41) is 10.2. The highest BCUT2D eigenvalue weighted by Crippen LogP contribution is 2.35. The second kappa shape index (κ2) is 8.87. The highest BCUT2D eigenvalue weighted by atomic mass is 32.2. The molecule has 1 atom stereocenters. The Hall–Kier alpha value is -2.99. The van der Waals surface area contributed by atoms with Crippen molar-refractivity contribution in [2.45, 2.75) is 25.3 Å². The van der Waals surface area contributed by atoms with Crippen LogP contribution in [0.25, 0.3) is 11.3 Å². The number of methoxy groups -OCH3 is 2. The van der Waals surface area contributed by atoms with Gasteiger partial charge in [-0.15, -0.1) is 11.3 Å². The highest BCUT2D eigenvalue weighted by molar-refractivity contribution is 7.91. The molecule has 1 saturated heterocycles. The number of nitrogens with zero attached hydrogens (tertiary/aromatic N) is 3. The first-order valence-electron chi connectivity index (χ1n) is 9.89. The molecule has 2 aromatic rings. The molecule has 1 N–H and O–H groups in total. The van der Waals surface area contributed by atoms with Crippen LogP contribution in [0, 0.1) is 0 Å². The summed E-state index contributed by atoms with van der Waals surface area (Å²) in [5.41, 5.74) is 1.55. The predicted molar refractivity (Wildman–Crippen MR) is 120 cm³/mol.